The van der Waals surface area contributed by atoms with Crippen LogP contribution in [0.2, 0.25) is 5.02 Å². The van der Waals surface area contributed by atoms with Crippen LogP contribution >= 0.6 is 22.9 Å². The first-order valence-corrected chi connectivity index (χ1v) is 14.8. The number of hydrogen-bond acceptors (Lipinski definition) is 7. The number of allylic oxidation sites excluding steroid dienone is 1. The van der Waals surface area contributed by atoms with Crippen molar-refractivity contribution in [3.8, 4) is 5.75 Å². The molecule has 2 aromatic carbocycles. The van der Waals surface area contributed by atoms with Crippen molar-refractivity contribution in [2.45, 2.75) is 23.8 Å². The zero-order chi connectivity index (χ0) is 27.3. The van der Waals surface area contributed by atoms with Crippen LogP contribution < -0.4 is 14.8 Å². The van der Waals surface area contributed by atoms with Crippen LogP contribution in [0.1, 0.15) is 18.4 Å². The lowest BCUT2D eigenvalue weighted by Crippen LogP contribution is -2.43. The molecule has 0 amide bonds. The van der Waals surface area contributed by atoms with Gasteiger partial charge >= 0.3 is 0 Å². The van der Waals surface area contributed by atoms with Crippen LogP contribution in [0.4, 0.5) is 14.6 Å². The van der Waals surface area contributed by atoms with Crippen molar-refractivity contribution in [1.82, 2.24) is 15.2 Å². The minimum Gasteiger partial charge on any atom is -0.491 e. The van der Waals surface area contributed by atoms with Crippen LogP contribution in [0.5, 0.6) is 5.75 Å². The Morgan fingerprint density at radius 3 is 2.66 bits per heavy atom. The summed E-state index contributed by atoms with van der Waals surface area (Å²) in [5.74, 6) is -1.32. The van der Waals surface area contributed by atoms with Crippen LogP contribution in [0.3, 0.4) is 0 Å². The number of anilines is 1. The number of nitrogens with one attached hydrogen (secondary N) is 2. The predicted octanol–water partition coefficient (Wildman–Crippen LogP) is 5.27. The van der Waals surface area contributed by atoms with Crippen molar-refractivity contribution >= 4 is 44.4 Å². The van der Waals surface area contributed by atoms with Gasteiger partial charge in [-0.15, -0.1) is 11.3 Å². The van der Waals surface area contributed by atoms with Crippen molar-refractivity contribution in [1.29, 1.82) is 0 Å². The number of ether oxygens (including phenoxy) is 1. The third-order valence-corrected chi connectivity index (χ3v) is 8.49. The van der Waals surface area contributed by atoms with Gasteiger partial charge in [-0.25, -0.2) is 22.2 Å². The summed E-state index contributed by atoms with van der Waals surface area (Å²) in [6.45, 7) is 1.77. The van der Waals surface area contributed by atoms with E-state index in [9.17, 15) is 17.2 Å². The molecule has 1 unspecified atom stereocenters. The van der Waals surface area contributed by atoms with E-state index < -0.39 is 20.7 Å². The Bertz CT molecular complexity index is 1370. The first-order chi connectivity index (χ1) is 18.1. The molecule has 0 bridgehead atoms. The van der Waals surface area contributed by atoms with E-state index in [1.165, 1.54) is 34.4 Å². The Kier molecular flexibility index (Phi) is 9.37. The first-order valence-electron chi connectivity index (χ1n) is 12.0. The molecule has 1 aromatic heterocycles. The second-order valence-corrected chi connectivity index (χ2v) is 12.0. The average Bonchev–Trinajstić information content (AvgIpc) is 3.37. The molecule has 0 radical (unpaired) electrons. The van der Waals surface area contributed by atoms with E-state index in [-0.39, 0.29) is 41.0 Å². The Balaban J connectivity index is 1.55. The topological polar surface area (TPSA) is 83.6 Å². The first kappa shape index (κ1) is 28.4. The van der Waals surface area contributed by atoms with Gasteiger partial charge in [-0.05, 0) is 56.3 Å². The van der Waals surface area contributed by atoms with Gasteiger partial charge in [-0.2, -0.15) is 0 Å². The van der Waals surface area contributed by atoms with Gasteiger partial charge in [0.15, 0.2) is 5.82 Å². The van der Waals surface area contributed by atoms with Crippen molar-refractivity contribution in [3.05, 3.63) is 75.6 Å². The van der Waals surface area contributed by atoms with Crippen LogP contribution in [0, 0.1) is 17.6 Å². The molecule has 38 heavy (non-hydrogen) atoms. The van der Waals surface area contributed by atoms with E-state index in [1.54, 1.807) is 12.1 Å². The number of hydrogen-bond donors (Lipinski definition) is 2. The van der Waals surface area contributed by atoms with Crippen LogP contribution in [-0.4, -0.2) is 58.1 Å². The highest BCUT2D eigenvalue weighted by molar-refractivity contribution is 7.92. The molecule has 2 N–H and O–H groups in total. The fraction of sp³-hybridized carbons (Fsp3) is 0.346. The molecular formula is C26H29ClF2N4O3S2. The van der Waals surface area contributed by atoms with Gasteiger partial charge < -0.3 is 15.0 Å². The minimum atomic E-state index is -4.24. The van der Waals surface area contributed by atoms with Crippen molar-refractivity contribution in [3.63, 3.8) is 0 Å². The molecule has 0 aliphatic heterocycles. The Labute approximate surface area is 230 Å². The van der Waals surface area contributed by atoms with E-state index in [0.717, 1.165) is 49.2 Å². The maximum atomic E-state index is 15.0. The summed E-state index contributed by atoms with van der Waals surface area (Å²) in [7, 11) is -0.238. The number of nitrogens with zero attached hydrogens (tertiary/aromatic N) is 2. The molecule has 0 fully saturated rings. The van der Waals surface area contributed by atoms with Gasteiger partial charge in [-0.3, -0.25) is 4.72 Å². The number of likely N-dealkylation sites (N-methyl/N-ethyl adjacent to an activating group) is 1. The summed E-state index contributed by atoms with van der Waals surface area (Å²) < 4.78 is 62.1. The molecule has 1 aliphatic carbocycles. The van der Waals surface area contributed by atoms with Gasteiger partial charge in [0.25, 0.3) is 10.0 Å². The van der Waals surface area contributed by atoms with Crippen molar-refractivity contribution in [2.75, 3.05) is 38.5 Å². The highest BCUT2D eigenvalue weighted by Crippen LogP contribution is 2.36. The molecule has 7 nitrogen and oxygen atoms in total. The molecule has 0 saturated carbocycles. The van der Waals surface area contributed by atoms with Crippen molar-refractivity contribution < 1.29 is 21.9 Å². The summed E-state index contributed by atoms with van der Waals surface area (Å²) in [6.07, 6.45) is 3.83. The van der Waals surface area contributed by atoms with E-state index in [1.807, 2.05) is 14.1 Å². The summed E-state index contributed by atoms with van der Waals surface area (Å²) in [4.78, 5) is 5.35. The second-order valence-electron chi connectivity index (χ2n) is 9.22. The van der Waals surface area contributed by atoms with E-state index in [0.29, 0.717) is 0 Å². The molecule has 2 atom stereocenters. The molecular weight excluding hydrogens is 554 g/mol. The van der Waals surface area contributed by atoms with Crippen LogP contribution in [0.25, 0.3) is 5.57 Å². The third-order valence-electron chi connectivity index (χ3n) is 6.24. The molecule has 3 aromatic rings. The maximum absolute atomic E-state index is 15.0. The largest absolute Gasteiger partial charge is 0.491 e. The molecule has 12 heteroatoms. The van der Waals surface area contributed by atoms with Gasteiger partial charge in [0, 0.05) is 36.5 Å². The monoisotopic (exact) mass is 582 g/mol. The SMILES string of the molecule is CN(C)CCN[C@@H]1CCC=C(c2ccc(F)cc2)C1COc1cc(F)c(S(=O)(=O)Nc2cscn2)cc1Cl. The lowest BCUT2D eigenvalue weighted by Gasteiger charge is -2.34. The highest BCUT2D eigenvalue weighted by Gasteiger charge is 2.30. The normalized spacial score (nSPS) is 17.9. The molecule has 1 heterocycles. The van der Waals surface area contributed by atoms with E-state index in [2.05, 4.69) is 26.0 Å². The van der Waals surface area contributed by atoms with Crippen molar-refractivity contribution in [2.24, 2.45) is 5.92 Å². The Morgan fingerprint density at radius 2 is 1.97 bits per heavy atom. The Hall–Kier alpha value is -2.57. The van der Waals surface area contributed by atoms with Crippen LogP contribution in [-0.2, 0) is 10.0 Å². The number of sulfonamides is 1. The van der Waals surface area contributed by atoms with Gasteiger partial charge in [0.1, 0.15) is 22.3 Å². The Morgan fingerprint density at radius 1 is 1.21 bits per heavy atom. The average molecular weight is 583 g/mol. The highest BCUT2D eigenvalue weighted by atomic mass is 35.5. The summed E-state index contributed by atoms with van der Waals surface area (Å²) in [6, 6.07) is 8.38. The number of halogens is 3. The quantitative estimate of drug-likeness (QED) is 0.321. The summed E-state index contributed by atoms with van der Waals surface area (Å²) in [5, 5.41) is 5.05. The summed E-state index contributed by atoms with van der Waals surface area (Å²) >= 11 is 7.56. The van der Waals surface area contributed by atoms with Gasteiger partial charge in [0.2, 0.25) is 0 Å². The summed E-state index contributed by atoms with van der Waals surface area (Å²) in [5.41, 5.74) is 3.34. The fourth-order valence-electron chi connectivity index (χ4n) is 4.35. The standard InChI is InChI=1S/C26H29ClF2N4O3S2/c1-33(2)11-10-30-23-5-3-4-19(17-6-8-18(28)9-7-17)20(23)14-36-24-13-22(29)25(12-21(24)27)38(34,35)32-26-15-37-16-31-26/h4,6-9,12-13,15-16,20,23,30,32H,3,5,10-11,14H2,1-2H3/t20?,23-/m1/s1. The lowest BCUT2D eigenvalue weighted by molar-refractivity contribution is 0.231. The molecule has 1 aliphatic rings. The molecule has 204 valence electrons. The number of aromatic nitrogens is 1. The second kappa shape index (κ2) is 12.5. The smallest absolute Gasteiger partial charge is 0.266 e. The lowest BCUT2D eigenvalue weighted by atomic mass is 9.80. The predicted molar refractivity (Wildman–Crippen MR) is 147 cm³/mol. The third kappa shape index (κ3) is 7.09. The molecule has 0 saturated heterocycles. The van der Waals surface area contributed by atoms with E-state index >= 15 is 0 Å². The fourth-order valence-corrected chi connectivity index (χ4v) is 6.27. The van der Waals surface area contributed by atoms with Crippen LogP contribution in [0.15, 0.2) is 58.3 Å². The number of benzene rings is 2. The number of rotatable bonds is 11. The number of thiazole rings is 1. The van der Waals surface area contributed by atoms with Gasteiger partial charge in [-0.1, -0.05) is 29.8 Å². The van der Waals surface area contributed by atoms with E-state index in [4.69, 9.17) is 16.3 Å². The minimum absolute atomic E-state index is 0.0350. The van der Waals surface area contributed by atoms with Gasteiger partial charge in [0.05, 0.1) is 17.1 Å². The zero-order valence-electron chi connectivity index (χ0n) is 21.0. The maximum Gasteiger partial charge on any atom is 0.266 e. The molecule has 0 spiro atoms. The zero-order valence-corrected chi connectivity index (χ0v) is 23.3. The molecule has 4 rings (SSSR count).